The number of aliphatic hydroxyl groups is 1. The fourth-order valence-electron chi connectivity index (χ4n) is 1.90. The fraction of sp³-hybridized carbons (Fsp3) is 0.214. The number of hydrogen-bond donors (Lipinski definition) is 1. The summed E-state index contributed by atoms with van der Waals surface area (Å²) >= 11 is 6.04. The van der Waals surface area contributed by atoms with Gasteiger partial charge >= 0.3 is 0 Å². The number of hydrogen-bond acceptors (Lipinski definition) is 6. The Morgan fingerprint density at radius 3 is 2.76 bits per heavy atom. The van der Waals surface area contributed by atoms with Crippen LogP contribution >= 0.6 is 24.0 Å². The zero-order valence-electron chi connectivity index (χ0n) is 11.1. The highest BCUT2D eigenvalue weighted by molar-refractivity contribution is 8.26. The summed E-state index contributed by atoms with van der Waals surface area (Å²) in [5.41, 5.74) is 1.84. The second kappa shape index (κ2) is 6.38. The number of nitrogens with zero attached hydrogens (tertiary/aromatic N) is 1. The van der Waals surface area contributed by atoms with Crippen LogP contribution in [-0.4, -0.2) is 38.9 Å². The monoisotopic (exact) mass is 322 g/mol. The summed E-state index contributed by atoms with van der Waals surface area (Å²) in [5.74, 6) is -2.07. The van der Waals surface area contributed by atoms with E-state index in [1.165, 1.54) is 0 Å². The number of carboxylic acid groups (broad SMARTS) is 1. The molecule has 0 unspecified atom stereocenters. The van der Waals surface area contributed by atoms with Crippen molar-refractivity contribution in [3.63, 3.8) is 0 Å². The smallest absolute Gasteiger partial charge is 0.266 e. The van der Waals surface area contributed by atoms with E-state index < -0.39 is 24.5 Å². The number of carbonyl (C=O) groups is 2. The Balaban J connectivity index is 2.34. The maximum absolute atomic E-state index is 12.3. The number of thiocarbonyl (C=S) groups is 1. The van der Waals surface area contributed by atoms with Crippen LogP contribution in [0.4, 0.5) is 0 Å². The molecule has 1 N–H and O–H groups in total. The molecule has 1 aromatic carbocycles. The summed E-state index contributed by atoms with van der Waals surface area (Å²) in [6.45, 7) is 1.16. The molecule has 0 saturated carbocycles. The summed E-state index contributed by atoms with van der Waals surface area (Å²) in [7, 11) is 0. The SMILES string of the molecule is Cc1ccccc1/C=C1\SC(=S)N([C@@H](CO)C(=O)[O-])C1=O. The number of aliphatic hydroxyl groups excluding tert-OH is 1. The van der Waals surface area contributed by atoms with Crippen LogP contribution in [0.5, 0.6) is 0 Å². The summed E-state index contributed by atoms with van der Waals surface area (Å²) in [6, 6.07) is 6.03. The van der Waals surface area contributed by atoms with Crippen molar-refractivity contribution in [3.8, 4) is 0 Å². The van der Waals surface area contributed by atoms with Crippen molar-refractivity contribution in [3.05, 3.63) is 40.3 Å². The topological polar surface area (TPSA) is 80.7 Å². The van der Waals surface area contributed by atoms with Crippen LogP contribution < -0.4 is 5.11 Å². The highest BCUT2D eigenvalue weighted by Gasteiger charge is 2.37. The van der Waals surface area contributed by atoms with Gasteiger partial charge < -0.3 is 15.0 Å². The number of thioether (sulfide) groups is 1. The summed E-state index contributed by atoms with van der Waals surface area (Å²) < 4.78 is 0.100. The van der Waals surface area contributed by atoms with Crippen molar-refractivity contribution in [1.82, 2.24) is 4.90 Å². The molecule has 1 amide bonds. The Bertz CT molecular complexity index is 642. The van der Waals surface area contributed by atoms with Crippen molar-refractivity contribution < 1.29 is 19.8 Å². The maximum Gasteiger partial charge on any atom is 0.266 e. The predicted octanol–water partition coefficient (Wildman–Crippen LogP) is 0.307. The van der Waals surface area contributed by atoms with Crippen molar-refractivity contribution >= 4 is 46.3 Å². The quantitative estimate of drug-likeness (QED) is 0.635. The minimum absolute atomic E-state index is 0.100. The number of aliphatic carboxylic acids is 1. The number of carbonyl (C=O) groups excluding carboxylic acids is 2. The molecule has 1 saturated heterocycles. The third-order valence-corrected chi connectivity index (χ3v) is 4.39. The standard InChI is InChI=1S/C14H13NO4S2/c1-8-4-2-3-5-9(8)6-11-12(17)15(14(20)21-11)10(7-16)13(18)19/h2-6,10,16H,7H2,1H3,(H,18,19)/p-1/b11-6-/t10-/m0/s1. The first-order chi connectivity index (χ1) is 9.95. The molecule has 1 aliphatic rings. The second-order valence-electron chi connectivity index (χ2n) is 4.43. The van der Waals surface area contributed by atoms with E-state index in [0.717, 1.165) is 27.8 Å². The number of benzene rings is 1. The van der Waals surface area contributed by atoms with Gasteiger partial charge in [-0.25, -0.2) is 0 Å². The largest absolute Gasteiger partial charge is 0.548 e. The molecular formula is C14H12NO4S2-. The molecule has 5 nitrogen and oxygen atoms in total. The molecule has 1 heterocycles. The Morgan fingerprint density at radius 2 is 2.19 bits per heavy atom. The zero-order chi connectivity index (χ0) is 15.6. The molecule has 110 valence electrons. The minimum atomic E-state index is -1.54. The van der Waals surface area contributed by atoms with E-state index >= 15 is 0 Å². The first-order valence-corrected chi connectivity index (χ1v) is 7.32. The first kappa shape index (κ1) is 15.7. The van der Waals surface area contributed by atoms with Gasteiger partial charge in [-0.05, 0) is 24.1 Å². The molecule has 0 spiro atoms. The molecule has 1 fully saturated rings. The van der Waals surface area contributed by atoms with E-state index in [2.05, 4.69) is 0 Å². The lowest BCUT2D eigenvalue weighted by Gasteiger charge is -2.25. The zero-order valence-corrected chi connectivity index (χ0v) is 12.7. The predicted molar refractivity (Wildman–Crippen MR) is 82.1 cm³/mol. The molecule has 1 aromatic rings. The number of amides is 1. The van der Waals surface area contributed by atoms with Gasteiger partial charge in [0.2, 0.25) is 0 Å². The van der Waals surface area contributed by atoms with Gasteiger partial charge in [0.25, 0.3) is 5.91 Å². The normalized spacial score (nSPS) is 18.4. The van der Waals surface area contributed by atoms with Crippen LogP contribution in [0.3, 0.4) is 0 Å². The van der Waals surface area contributed by atoms with Crippen LogP contribution in [0.25, 0.3) is 6.08 Å². The highest BCUT2D eigenvalue weighted by Crippen LogP contribution is 2.34. The molecular weight excluding hydrogens is 310 g/mol. The van der Waals surface area contributed by atoms with Gasteiger partial charge in [0.05, 0.1) is 17.5 Å². The van der Waals surface area contributed by atoms with Gasteiger partial charge in [-0.3, -0.25) is 9.69 Å². The van der Waals surface area contributed by atoms with Crippen LogP contribution in [0.2, 0.25) is 0 Å². The molecule has 0 radical (unpaired) electrons. The third kappa shape index (κ3) is 3.15. The van der Waals surface area contributed by atoms with Crippen LogP contribution in [0, 0.1) is 6.92 Å². The Hall–Kier alpha value is -1.70. The van der Waals surface area contributed by atoms with E-state index in [9.17, 15) is 14.7 Å². The van der Waals surface area contributed by atoms with Crippen LogP contribution in [0.1, 0.15) is 11.1 Å². The van der Waals surface area contributed by atoms with E-state index in [4.69, 9.17) is 17.3 Å². The number of carboxylic acids is 1. The number of aryl methyl sites for hydroxylation is 1. The highest BCUT2D eigenvalue weighted by atomic mass is 32.2. The average molecular weight is 322 g/mol. The van der Waals surface area contributed by atoms with E-state index in [0.29, 0.717) is 4.91 Å². The van der Waals surface area contributed by atoms with Gasteiger partial charge in [-0.2, -0.15) is 0 Å². The van der Waals surface area contributed by atoms with Gasteiger partial charge in [0.15, 0.2) is 0 Å². The molecule has 7 heteroatoms. The Labute approximate surface area is 131 Å². The van der Waals surface area contributed by atoms with Gasteiger partial charge in [0.1, 0.15) is 10.4 Å². The molecule has 21 heavy (non-hydrogen) atoms. The molecule has 0 bridgehead atoms. The Kier molecular flexibility index (Phi) is 4.76. The molecule has 1 atom stereocenters. The molecule has 0 aliphatic carbocycles. The maximum atomic E-state index is 12.3. The number of rotatable bonds is 4. The van der Waals surface area contributed by atoms with Crippen molar-refractivity contribution in [1.29, 1.82) is 0 Å². The summed E-state index contributed by atoms with van der Waals surface area (Å²) in [5, 5.41) is 20.1. The van der Waals surface area contributed by atoms with E-state index in [-0.39, 0.29) is 4.32 Å². The van der Waals surface area contributed by atoms with E-state index in [1.54, 1.807) is 6.08 Å². The van der Waals surface area contributed by atoms with Crippen molar-refractivity contribution in [2.75, 3.05) is 6.61 Å². The van der Waals surface area contributed by atoms with Crippen LogP contribution in [0.15, 0.2) is 29.2 Å². The average Bonchev–Trinajstić information content (AvgIpc) is 2.70. The summed E-state index contributed by atoms with van der Waals surface area (Å²) in [6.07, 6.45) is 1.67. The lowest BCUT2D eigenvalue weighted by atomic mass is 10.1. The lowest BCUT2D eigenvalue weighted by Crippen LogP contribution is -2.51. The van der Waals surface area contributed by atoms with Crippen LogP contribution in [-0.2, 0) is 9.59 Å². The van der Waals surface area contributed by atoms with Crippen molar-refractivity contribution in [2.24, 2.45) is 0 Å². The first-order valence-electron chi connectivity index (χ1n) is 6.10. The fourth-order valence-corrected chi connectivity index (χ4v) is 3.25. The van der Waals surface area contributed by atoms with E-state index in [1.807, 2.05) is 31.2 Å². The molecule has 2 rings (SSSR count). The van der Waals surface area contributed by atoms with Gasteiger partial charge in [0, 0.05) is 0 Å². The van der Waals surface area contributed by atoms with Gasteiger partial charge in [-0.15, -0.1) is 0 Å². The summed E-state index contributed by atoms with van der Waals surface area (Å²) in [4.78, 5) is 24.5. The lowest BCUT2D eigenvalue weighted by molar-refractivity contribution is -0.311. The molecule has 1 aliphatic heterocycles. The third-order valence-electron chi connectivity index (χ3n) is 3.06. The van der Waals surface area contributed by atoms with Crippen molar-refractivity contribution in [2.45, 2.75) is 13.0 Å². The Morgan fingerprint density at radius 1 is 1.52 bits per heavy atom. The minimum Gasteiger partial charge on any atom is -0.548 e. The van der Waals surface area contributed by atoms with Gasteiger partial charge in [-0.1, -0.05) is 48.2 Å². The molecule has 0 aromatic heterocycles. The second-order valence-corrected chi connectivity index (χ2v) is 6.10.